The molecule has 16 heavy (non-hydrogen) atoms. The number of carbonyl (C=O) groups is 1. The van der Waals surface area contributed by atoms with Crippen molar-refractivity contribution in [2.75, 3.05) is 13.1 Å². The summed E-state index contributed by atoms with van der Waals surface area (Å²) in [5.74, 6) is 0.817. The molecule has 0 bridgehead atoms. The Morgan fingerprint density at radius 2 is 2.12 bits per heavy atom. The van der Waals surface area contributed by atoms with E-state index in [0.717, 1.165) is 16.6 Å². The maximum atomic E-state index is 10.9. The second-order valence-corrected chi connectivity index (χ2v) is 4.92. The summed E-state index contributed by atoms with van der Waals surface area (Å²) in [5.41, 5.74) is 0. The zero-order valence-corrected chi connectivity index (χ0v) is 10.9. The number of ether oxygens (including phenoxy) is 1. The minimum Gasteiger partial charge on any atom is -0.489 e. The van der Waals surface area contributed by atoms with Gasteiger partial charge in [0.2, 0.25) is 0 Å². The van der Waals surface area contributed by atoms with Crippen molar-refractivity contribution < 1.29 is 9.53 Å². The monoisotopic (exact) mass is 303 g/mol. The minimum atomic E-state index is -0.401. The number of hydrogen-bond acceptors (Lipinski definition) is 2. The summed E-state index contributed by atoms with van der Waals surface area (Å²) in [4.78, 5) is 12.5. The number of rotatable bonds is 2. The van der Waals surface area contributed by atoms with E-state index in [-0.39, 0.29) is 6.10 Å². The Hall–Kier alpha value is -0.740. The third-order valence-electron chi connectivity index (χ3n) is 2.51. The van der Waals surface area contributed by atoms with E-state index in [4.69, 9.17) is 16.3 Å². The van der Waals surface area contributed by atoms with Crippen LogP contribution in [0.2, 0.25) is 0 Å². The molecule has 1 atom stereocenters. The molecule has 1 aliphatic rings. The zero-order chi connectivity index (χ0) is 11.5. The highest BCUT2D eigenvalue weighted by atomic mass is 79.9. The van der Waals surface area contributed by atoms with Gasteiger partial charge in [0, 0.05) is 17.4 Å². The van der Waals surface area contributed by atoms with Crippen molar-refractivity contribution in [2.24, 2.45) is 0 Å². The molecule has 1 unspecified atom stereocenters. The summed E-state index contributed by atoms with van der Waals surface area (Å²) in [5, 5.41) is -0.401. The lowest BCUT2D eigenvalue weighted by Gasteiger charge is -2.14. The van der Waals surface area contributed by atoms with Crippen LogP contribution in [0.25, 0.3) is 0 Å². The molecule has 86 valence electrons. The fourth-order valence-corrected chi connectivity index (χ4v) is 2.11. The highest BCUT2D eigenvalue weighted by molar-refractivity contribution is 9.10. The summed E-state index contributed by atoms with van der Waals surface area (Å²) in [6, 6.07) is 7.65. The number of carbonyl (C=O) groups excluding carboxylic acids is 1. The van der Waals surface area contributed by atoms with Crippen molar-refractivity contribution in [1.82, 2.24) is 4.90 Å². The molecule has 1 fully saturated rings. The maximum Gasteiger partial charge on any atom is 0.316 e. The van der Waals surface area contributed by atoms with Gasteiger partial charge in [-0.25, -0.2) is 0 Å². The topological polar surface area (TPSA) is 29.5 Å². The summed E-state index contributed by atoms with van der Waals surface area (Å²) in [7, 11) is 0. The Morgan fingerprint density at radius 1 is 1.44 bits per heavy atom. The first-order valence-electron chi connectivity index (χ1n) is 5.02. The summed E-state index contributed by atoms with van der Waals surface area (Å²) in [6.07, 6.45) is 0.873. The van der Waals surface area contributed by atoms with Gasteiger partial charge in [0.1, 0.15) is 11.9 Å². The lowest BCUT2D eigenvalue weighted by molar-refractivity contribution is 0.199. The molecule has 0 radical (unpaired) electrons. The van der Waals surface area contributed by atoms with Crippen LogP contribution in [0.15, 0.2) is 28.7 Å². The standard InChI is InChI=1S/C11H11BrClNO2/c12-8-1-3-9(4-2-8)16-10-5-6-14(7-10)11(13)15/h1-4,10H,5-7H2. The van der Waals surface area contributed by atoms with Crippen molar-refractivity contribution in [3.05, 3.63) is 28.7 Å². The average Bonchev–Trinajstić information content (AvgIpc) is 2.70. The van der Waals surface area contributed by atoms with Gasteiger partial charge in [-0.15, -0.1) is 0 Å². The Balaban J connectivity index is 1.92. The molecule has 2 rings (SSSR count). The highest BCUT2D eigenvalue weighted by Gasteiger charge is 2.26. The van der Waals surface area contributed by atoms with E-state index in [1.807, 2.05) is 24.3 Å². The molecule has 0 N–H and O–H groups in total. The molecule has 1 aromatic rings. The summed E-state index contributed by atoms with van der Waals surface area (Å²) in [6.45, 7) is 1.24. The molecule has 1 heterocycles. The van der Waals surface area contributed by atoms with Crippen LogP contribution in [0, 0.1) is 0 Å². The zero-order valence-electron chi connectivity index (χ0n) is 8.53. The number of amides is 1. The van der Waals surface area contributed by atoms with E-state index in [0.29, 0.717) is 13.1 Å². The number of nitrogens with zero attached hydrogens (tertiary/aromatic N) is 1. The smallest absolute Gasteiger partial charge is 0.316 e. The SMILES string of the molecule is O=C(Cl)N1CCC(Oc2ccc(Br)cc2)C1. The van der Waals surface area contributed by atoms with Gasteiger partial charge in [-0.1, -0.05) is 15.9 Å². The molecule has 0 saturated carbocycles. The van der Waals surface area contributed by atoms with E-state index in [1.54, 1.807) is 4.90 Å². The third-order valence-corrected chi connectivity index (χ3v) is 3.28. The van der Waals surface area contributed by atoms with E-state index in [2.05, 4.69) is 15.9 Å². The van der Waals surface area contributed by atoms with Gasteiger partial charge < -0.3 is 9.64 Å². The van der Waals surface area contributed by atoms with Crippen molar-refractivity contribution in [1.29, 1.82) is 0 Å². The van der Waals surface area contributed by atoms with Gasteiger partial charge in [0.05, 0.1) is 6.54 Å². The van der Waals surface area contributed by atoms with Crippen molar-refractivity contribution >= 4 is 32.9 Å². The lowest BCUT2D eigenvalue weighted by atomic mass is 10.3. The predicted molar refractivity (Wildman–Crippen MR) is 66.0 cm³/mol. The fourth-order valence-electron chi connectivity index (χ4n) is 1.69. The van der Waals surface area contributed by atoms with Crippen molar-refractivity contribution in [3.63, 3.8) is 0 Å². The van der Waals surface area contributed by atoms with Crippen molar-refractivity contribution in [3.8, 4) is 5.75 Å². The largest absolute Gasteiger partial charge is 0.489 e. The average molecular weight is 305 g/mol. The predicted octanol–water partition coefficient (Wildman–Crippen LogP) is 3.26. The molecule has 3 nitrogen and oxygen atoms in total. The molecule has 5 heteroatoms. The molecule has 0 spiro atoms. The van der Waals surface area contributed by atoms with Gasteiger partial charge in [0.25, 0.3) is 0 Å². The van der Waals surface area contributed by atoms with Gasteiger partial charge >= 0.3 is 5.37 Å². The normalized spacial score (nSPS) is 19.9. The summed E-state index contributed by atoms with van der Waals surface area (Å²) >= 11 is 8.76. The van der Waals surface area contributed by atoms with Gasteiger partial charge in [-0.3, -0.25) is 4.79 Å². The van der Waals surface area contributed by atoms with Gasteiger partial charge in [0.15, 0.2) is 0 Å². The second kappa shape index (κ2) is 5.06. The van der Waals surface area contributed by atoms with Crippen LogP contribution in [0.4, 0.5) is 4.79 Å². The van der Waals surface area contributed by atoms with Crippen LogP contribution in [0.1, 0.15) is 6.42 Å². The molecule has 1 aliphatic heterocycles. The molecule has 0 aromatic heterocycles. The number of likely N-dealkylation sites (tertiary alicyclic amines) is 1. The van der Waals surface area contributed by atoms with E-state index in [9.17, 15) is 4.79 Å². The van der Waals surface area contributed by atoms with Crippen LogP contribution >= 0.6 is 27.5 Å². The minimum absolute atomic E-state index is 0.0453. The molecular weight excluding hydrogens is 293 g/mol. The number of hydrogen-bond donors (Lipinski definition) is 0. The first-order chi connectivity index (χ1) is 7.65. The number of halogens is 2. The Kier molecular flexibility index (Phi) is 3.71. The molecular formula is C11H11BrClNO2. The third kappa shape index (κ3) is 2.89. The van der Waals surface area contributed by atoms with Crippen LogP contribution in [0.3, 0.4) is 0 Å². The Morgan fingerprint density at radius 3 is 2.69 bits per heavy atom. The highest BCUT2D eigenvalue weighted by Crippen LogP contribution is 2.21. The van der Waals surface area contributed by atoms with Crippen molar-refractivity contribution in [2.45, 2.75) is 12.5 Å². The Bertz CT molecular complexity index is 382. The number of benzene rings is 1. The van der Waals surface area contributed by atoms with Gasteiger partial charge in [-0.05, 0) is 35.9 Å². The van der Waals surface area contributed by atoms with Gasteiger partial charge in [-0.2, -0.15) is 0 Å². The van der Waals surface area contributed by atoms with Crippen LogP contribution in [-0.2, 0) is 0 Å². The molecule has 1 saturated heterocycles. The van der Waals surface area contributed by atoms with Crippen LogP contribution < -0.4 is 4.74 Å². The molecule has 0 aliphatic carbocycles. The summed E-state index contributed by atoms with van der Waals surface area (Å²) < 4.78 is 6.75. The maximum absolute atomic E-state index is 10.9. The van der Waals surface area contributed by atoms with E-state index < -0.39 is 5.37 Å². The van der Waals surface area contributed by atoms with Crippen LogP contribution in [0.5, 0.6) is 5.75 Å². The fraction of sp³-hybridized carbons (Fsp3) is 0.364. The van der Waals surface area contributed by atoms with E-state index >= 15 is 0 Å². The second-order valence-electron chi connectivity index (χ2n) is 3.68. The van der Waals surface area contributed by atoms with E-state index in [1.165, 1.54) is 0 Å². The quantitative estimate of drug-likeness (QED) is 0.620. The first-order valence-corrected chi connectivity index (χ1v) is 6.19. The van der Waals surface area contributed by atoms with Crippen LogP contribution in [-0.4, -0.2) is 29.5 Å². The first kappa shape index (κ1) is 11.7. The Labute approximate surface area is 107 Å². The lowest BCUT2D eigenvalue weighted by Crippen LogP contribution is -2.26. The molecule has 1 aromatic carbocycles. The molecule has 1 amide bonds.